The van der Waals surface area contributed by atoms with Crippen LogP contribution in [-0.4, -0.2) is 0 Å². The molecule has 0 fully saturated rings. The lowest BCUT2D eigenvalue weighted by Gasteiger charge is -2.12. The molecule has 0 atom stereocenters. The Labute approximate surface area is 89.4 Å². The number of hydrogen-bond donors (Lipinski definition) is 0. The first-order chi connectivity index (χ1) is 7.43. The minimum Gasteiger partial charge on any atom is -0.456 e. The molecule has 0 unspecified atom stereocenters. The topological polar surface area (TPSA) is 9.23 Å². The highest BCUT2D eigenvalue weighted by Crippen LogP contribution is 2.30. The van der Waals surface area contributed by atoms with Crippen LogP contribution in [0.5, 0.6) is 5.75 Å². The minimum atomic E-state index is 0.949. The Kier molecular flexibility index (Phi) is 1.95. The lowest BCUT2D eigenvalue weighted by Crippen LogP contribution is -1.99. The minimum absolute atomic E-state index is 0.949. The van der Waals surface area contributed by atoms with Crippen molar-refractivity contribution in [1.29, 1.82) is 0 Å². The Morgan fingerprint density at radius 2 is 1.93 bits per heavy atom. The average Bonchev–Trinajstić information content (AvgIpc) is 2.48. The van der Waals surface area contributed by atoms with Crippen LogP contribution in [0.25, 0.3) is 6.08 Å². The maximum atomic E-state index is 5.89. The number of fused-ring (bicyclic) bond motifs is 1. The molecular formula is C14H12O. The summed E-state index contributed by atoms with van der Waals surface area (Å²) >= 11 is 0. The van der Waals surface area contributed by atoms with Gasteiger partial charge in [-0.2, -0.15) is 0 Å². The number of allylic oxidation sites excluding steroid dienone is 4. The molecule has 1 aliphatic heterocycles. The normalized spacial score (nSPS) is 17.9. The number of ether oxygens (including phenoxy) is 1. The summed E-state index contributed by atoms with van der Waals surface area (Å²) in [5.41, 5.74) is 2.45. The van der Waals surface area contributed by atoms with E-state index in [2.05, 4.69) is 30.4 Å². The van der Waals surface area contributed by atoms with Gasteiger partial charge in [0.1, 0.15) is 11.5 Å². The highest BCUT2D eigenvalue weighted by Gasteiger charge is 2.12. The van der Waals surface area contributed by atoms with Gasteiger partial charge < -0.3 is 4.74 Å². The summed E-state index contributed by atoms with van der Waals surface area (Å²) in [5, 5.41) is 0. The van der Waals surface area contributed by atoms with Gasteiger partial charge in [-0.1, -0.05) is 36.4 Å². The molecular weight excluding hydrogens is 184 g/mol. The van der Waals surface area contributed by atoms with E-state index >= 15 is 0 Å². The molecule has 0 saturated carbocycles. The number of rotatable bonds is 0. The smallest absolute Gasteiger partial charge is 0.134 e. The highest BCUT2D eigenvalue weighted by molar-refractivity contribution is 5.62. The molecule has 1 nitrogen and oxygen atoms in total. The second kappa shape index (κ2) is 3.43. The van der Waals surface area contributed by atoms with E-state index in [-0.39, 0.29) is 0 Å². The highest BCUT2D eigenvalue weighted by atomic mass is 16.5. The molecule has 74 valence electrons. The third-order valence-electron chi connectivity index (χ3n) is 2.77. The summed E-state index contributed by atoms with van der Waals surface area (Å²) in [6, 6.07) is 8.13. The number of para-hydroxylation sites is 1. The van der Waals surface area contributed by atoms with Crippen molar-refractivity contribution in [3.63, 3.8) is 0 Å². The molecule has 0 N–H and O–H groups in total. The fourth-order valence-corrected chi connectivity index (χ4v) is 1.94. The van der Waals surface area contributed by atoms with Crippen molar-refractivity contribution in [2.75, 3.05) is 0 Å². The monoisotopic (exact) mass is 196 g/mol. The zero-order valence-corrected chi connectivity index (χ0v) is 8.44. The van der Waals surface area contributed by atoms with E-state index in [1.54, 1.807) is 0 Å². The van der Waals surface area contributed by atoms with Gasteiger partial charge in [-0.05, 0) is 30.6 Å². The summed E-state index contributed by atoms with van der Waals surface area (Å²) < 4.78 is 5.89. The van der Waals surface area contributed by atoms with Crippen LogP contribution < -0.4 is 4.74 Å². The van der Waals surface area contributed by atoms with E-state index < -0.39 is 0 Å². The van der Waals surface area contributed by atoms with Crippen molar-refractivity contribution in [3.8, 4) is 5.75 Å². The SMILES string of the molecule is C1=CC2=C(C=Cc3ccccc3O2)CC1. The van der Waals surface area contributed by atoms with Gasteiger partial charge in [-0.25, -0.2) is 0 Å². The molecule has 0 saturated heterocycles. The molecule has 0 spiro atoms. The van der Waals surface area contributed by atoms with Gasteiger partial charge in [0.2, 0.25) is 0 Å². The second-order valence-electron chi connectivity index (χ2n) is 3.80. The first kappa shape index (κ1) is 8.54. The molecule has 1 aromatic carbocycles. The van der Waals surface area contributed by atoms with Gasteiger partial charge in [-0.15, -0.1) is 0 Å². The Bertz CT molecular complexity index is 478. The van der Waals surface area contributed by atoms with Crippen LogP contribution in [0.1, 0.15) is 18.4 Å². The first-order valence-electron chi connectivity index (χ1n) is 5.28. The molecule has 0 aromatic heterocycles. The van der Waals surface area contributed by atoms with E-state index in [1.165, 1.54) is 5.57 Å². The van der Waals surface area contributed by atoms with Crippen molar-refractivity contribution >= 4 is 6.08 Å². The summed E-state index contributed by atoms with van der Waals surface area (Å²) in [5.74, 6) is 1.95. The molecule has 1 aromatic rings. The Morgan fingerprint density at radius 3 is 2.93 bits per heavy atom. The van der Waals surface area contributed by atoms with Gasteiger partial charge in [-0.3, -0.25) is 0 Å². The van der Waals surface area contributed by atoms with Crippen molar-refractivity contribution < 1.29 is 4.74 Å². The van der Waals surface area contributed by atoms with Crippen LogP contribution in [0.15, 0.2) is 53.8 Å². The third kappa shape index (κ3) is 1.50. The molecule has 15 heavy (non-hydrogen) atoms. The maximum absolute atomic E-state index is 5.89. The fraction of sp³-hybridized carbons (Fsp3) is 0.143. The van der Waals surface area contributed by atoms with E-state index in [9.17, 15) is 0 Å². The molecule has 0 bridgehead atoms. The van der Waals surface area contributed by atoms with Gasteiger partial charge in [0.05, 0.1) is 0 Å². The Hall–Kier alpha value is -1.76. The van der Waals surface area contributed by atoms with Crippen LogP contribution >= 0.6 is 0 Å². The molecule has 1 heteroatoms. The number of hydrogen-bond acceptors (Lipinski definition) is 1. The second-order valence-corrected chi connectivity index (χ2v) is 3.80. The van der Waals surface area contributed by atoms with Gasteiger partial charge in [0.15, 0.2) is 0 Å². The molecule has 3 rings (SSSR count). The Morgan fingerprint density at radius 1 is 1.00 bits per heavy atom. The van der Waals surface area contributed by atoms with Gasteiger partial charge in [0, 0.05) is 5.56 Å². The summed E-state index contributed by atoms with van der Waals surface area (Å²) in [6.07, 6.45) is 10.7. The van der Waals surface area contributed by atoms with E-state index in [0.29, 0.717) is 0 Å². The average molecular weight is 196 g/mol. The molecule has 2 aliphatic rings. The summed E-state index contributed by atoms with van der Waals surface area (Å²) in [7, 11) is 0. The molecule has 0 amide bonds. The van der Waals surface area contributed by atoms with Gasteiger partial charge in [0.25, 0.3) is 0 Å². The van der Waals surface area contributed by atoms with Crippen molar-refractivity contribution in [2.45, 2.75) is 12.8 Å². The molecule has 1 heterocycles. The first-order valence-corrected chi connectivity index (χ1v) is 5.28. The van der Waals surface area contributed by atoms with E-state index in [1.807, 2.05) is 18.2 Å². The zero-order chi connectivity index (χ0) is 10.1. The van der Waals surface area contributed by atoms with Crippen LogP contribution in [0, 0.1) is 0 Å². The Balaban J connectivity index is 2.09. The number of benzene rings is 1. The lowest BCUT2D eigenvalue weighted by molar-refractivity contribution is 0.435. The quantitative estimate of drug-likeness (QED) is 0.614. The molecule has 1 aliphatic carbocycles. The van der Waals surface area contributed by atoms with Crippen LogP contribution in [-0.2, 0) is 0 Å². The van der Waals surface area contributed by atoms with Crippen molar-refractivity contribution in [3.05, 3.63) is 59.4 Å². The summed E-state index contributed by atoms with van der Waals surface area (Å²) in [6.45, 7) is 0. The maximum Gasteiger partial charge on any atom is 0.134 e. The van der Waals surface area contributed by atoms with E-state index in [0.717, 1.165) is 29.9 Å². The standard InChI is InChI=1S/C14H12O/c1-3-7-13-11(5-1)9-10-12-6-2-4-8-14(12)15-13/h1,3-5,7-10H,2,6H2. The third-order valence-corrected chi connectivity index (χ3v) is 2.77. The lowest BCUT2D eigenvalue weighted by atomic mass is 10.0. The summed E-state index contributed by atoms with van der Waals surface area (Å²) in [4.78, 5) is 0. The largest absolute Gasteiger partial charge is 0.456 e. The van der Waals surface area contributed by atoms with Gasteiger partial charge >= 0.3 is 0 Å². The predicted molar refractivity (Wildman–Crippen MR) is 61.5 cm³/mol. The zero-order valence-electron chi connectivity index (χ0n) is 8.44. The van der Waals surface area contributed by atoms with Crippen LogP contribution in [0.4, 0.5) is 0 Å². The van der Waals surface area contributed by atoms with Crippen LogP contribution in [0.2, 0.25) is 0 Å². The fourth-order valence-electron chi connectivity index (χ4n) is 1.94. The molecule has 0 radical (unpaired) electrons. The van der Waals surface area contributed by atoms with Crippen molar-refractivity contribution in [2.24, 2.45) is 0 Å². The predicted octanol–water partition coefficient (Wildman–Crippen LogP) is 3.70. The van der Waals surface area contributed by atoms with E-state index in [4.69, 9.17) is 4.74 Å². The van der Waals surface area contributed by atoms with Crippen molar-refractivity contribution in [1.82, 2.24) is 0 Å². The van der Waals surface area contributed by atoms with Crippen LogP contribution in [0.3, 0.4) is 0 Å².